The zero-order chi connectivity index (χ0) is 21.9. The van der Waals surface area contributed by atoms with Gasteiger partial charge in [0.15, 0.2) is 0 Å². The van der Waals surface area contributed by atoms with Crippen LogP contribution in [0.3, 0.4) is 0 Å². The van der Waals surface area contributed by atoms with Crippen molar-refractivity contribution >= 4 is 0 Å². The lowest BCUT2D eigenvalue weighted by Crippen LogP contribution is -2.36. The minimum absolute atomic E-state index is 0.112. The molecule has 0 spiro atoms. The highest BCUT2D eigenvalue weighted by Crippen LogP contribution is 2.40. The molecule has 0 aromatic heterocycles. The van der Waals surface area contributed by atoms with Crippen LogP contribution in [0.1, 0.15) is 90.7 Å². The molecule has 2 atom stereocenters. The summed E-state index contributed by atoms with van der Waals surface area (Å²) < 4.78 is 12.1. The minimum atomic E-state index is -0.124. The van der Waals surface area contributed by atoms with Crippen molar-refractivity contribution in [2.24, 2.45) is 0 Å². The van der Waals surface area contributed by atoms with Crippen molar-refractivity contribution < 1.29 is 14.6 Å². The summed E-state index contributed by atoms with van der Waals surface area (Å²) in [6.45, 7) is 13.1. The first-order valence-electron chi connectivity index (χ1n) is 11.6. The number of hydrogen-bond acceptors (Lipinski definition) is 3. The van der Waals surface area contributed by atoms with Crippen molar-refractivity contribution in [3.63, 3.8) is 0 Å². The van der Waals surface area contributed by atoms with Crippen molar-refractivity contribution in [1.29, 1.82) is 0 Å². The summed E-state index contributed by atoms with van der Waals surface area (Å²) in [6, 6.07) is 3.64. The lowest BCUT2D eigenvalue weighted by atomic mass is 9.87. The third-order valence-corrected chi connectivity index (χ3v) is 6.77. The number of epoxide rings is 1. The van der Waals surface area contributed by atoms with E-state index in [2.05, 4.69) is 46.8 Å². The molecule has 2 aliphatic heterocycles. The van der Waals surface area contributed by atoms with E-state index in [1.54, 1.807) is 6.07 Å². The third-order valence-electron chi connectivity index (χ3n) is 6.77. The van der Waals surface area contributed by atoms with E-state index in [-0.39, 0.29) is 11.2 Å². The highest BCUT2D eigenvalue weighted by atomic mass is 16.6. The molecule has 1 saturated heterocycles. The molecule has 0 aliphatic carbocycles. The van der Waals surface area contributed by atoms with Crippen LogP contribution in [-0.2, 0) is 11.2 Å². The van der Waals surface area contributed by atoms with Crippen LogP contribution in [0.25, 0.3) is 0 Å². The molecule has 1 N–H and O–H groups in total. The number of hydrogen-bond donors (Lipinski definition) is 1. The molecule has 0 bridgehead atoms. The molecule has 1 unspecified atom stereocenters. The van der Waals surface area contributed by atoms with Crippen LogP contribution in [0.4, 0.5) is 0 Å². The summed E-state index contributed by atoms with van der Waals surface area (Å²) >= 11 is 0. The Morgan fingerprint density at radius 3 is 2.47 bits per heavy atom. The van der Waals surface area contributed by atoms with E-state index < -0.39 is 0 Å². The first-order chi connectivity index (χ1) is 14.1. The van der Waals surface area contributed by atoms with E-state index in [0.717, 1.165) is 68.2 Å². The first-order valence-corrected chi connectivity index (χ1v) is 11.6. The Labute approximate surface area is 183 Å². The zero-order valence-electron chi connectivity index (χ0n) is 19.8. The molecule has 0 radical (unpaired) electrons. The van der Waals surface area contributed by atoms with Gasteiger partial charge in [-0.2, -0.15) is 0 Å². The molecule has 2 heterocycles. The van der Waals surface area contributed by atoms with E-state index in [1.807, 2.05) is 13.0 Å². The molecule has 166 valence electrons. The van der Waals surface area contributed by atoms with Crippen LogP contribution in [0.2, 0.25) is 0 Å². The molecule has 3 nitrogen and oxygen atoms in total. The van der Waals surface area contributed by atoms with Crippen molar-refractivity contribution in [2.75, 3.05) is 0 Å². The number of phenols is 1. The minimum Gasteiger partial charge on any atom is -0.508 e. The van der Waals surface area contributed by atoms with Gasteiger partial charge in [0.1, 0.15) is 17.1 Å². The second-order valence-corrected chi connectivity index (χ2v) is 10.2. The van der Waals surface area contributed by atoms with E-state index in [9.17, 15) is 5.11 Å². The summed E-state index contributed by atoms with van der Waals surface area (Å²) in [6.07, 6.45) is 13.8. The summed E-state index contributed by atoms with van der Waals surface area (Å²) in [7, 11) is 0. The van der Waals surface area contributed by atoms with Crippen LogP contribution in [0, 0.1) is 6.92 Å². The number of aryl methyl sites for hydroxylation is 2. The van der Waals surface area contributed by atoms with Gasteiger partial charge >= 0.3 is 0 Å². The number of phenolic OH excluding ortho intramolecular Hbond substituents is 1. The topological polar surface area (TPSA) is 42.0 Å². The first kappa shape index (κ1) is 22.9. The van der Waals surface area contributed by atoms with E-state index in [4.69, 9.17) is 9.47 Å². The van der Waals surface area contributed by atoms with Gasteiger partial charge in [-0.3, -0.25) is 0 Å². The van der Waals surface area contributed by atoms with Gasteiger partial charge in [-0.25, -0.2) is 0 Å². The summed E-state index contributed by atoms with van der Waals surface area (Å²) in [4.78, 5) is 0. The van der Waals surface area contributed by atoms with Gasteiger partial charge in [0.05, 0.1) is 11.7 Å². The van der Waals surface area contributed by atoms with Crippen LogP contribution in [0.5, 0.6) is 11.5 Å². The Kier molecular flexibility index (Phi) is 7.02. The van der Waals surface area contributed by atoms with Gasteiger partial charge in [0, 0.05) is 0 Å². The molecule has 3 rings (SSSR count). The molecule has 2 aliphatic rings. The molecule has 0 amide bonds. The van der Waals surface area contributed by atoms with Gasteiger partial charge in [0.2, 0.25) is 0 Å². The van der Waals surface area contributed by atoms with Crippen LogP contribution in [0.15, 0.2) is 35.4 Å². The van der Waals surface area contributed by atoms with Gasteiger partial charge in [-0.15, -0.1) is 0 Å². The highest BCUT2D eigenvalue weighted by molar-refractivity contribution is 5.47. The van der Waals surface area contributed by atoms with Gasteiger partial charge < -0.3 is 14.6 Å². The SMILES string of the molecule is CC(=CCC[C@]1(C)CCc2cc(O)cc(C)c2O1)CCC=C(C)CCC1OC1(C)C. The second-order valence-electron chi connectivity index (χ2n) is 10.2. The predicted octanol–water partition coefficient (Wildman–Crippen LogP) is 7.19. The lowest BCUT2D eigenvalue weighted by molar-refractivity contribution is 0.0561. The van der Waals surface area contributed by atoms with Crippen LogP contribution in [-0.4, -0.2) is 22.4 Å². The quantitative estimate of drug-likeness (QED) is 0.344. The normalized spacial score (nSPS) is 25.6. The van der Waals surface area contributed by atoms with Crippen LogP contribution < -0.4 is 4.74 Å². The molecule has 3 heteroatoms. The largest absolute Gasteiger partial charge is 0.508 e. The van der Waals surface area contributed by atoms with E-state index >= 15 is 0 Å². The second kappa shape index (κ2) is 9.18. The van der Waals surface area contributed by atoms with Crippen LogP contribution >= 0.6 is 0 Å². The summed E-state index contributed by atoms with van der Waals surface area (Å²) in [5, 5.41) is 9.81. The van der Waals surface area contributed by atoms with E-state index in [0.29, 0.717) is 11.9 Å². The average molecular weight is 413 g/mol. The average Bonchev–Trinajstić information content (AvgIpc) is 3.27. The fourth-order valence-corrected chi connectivity index (χ4v) is 4.50. The Balaban J connectivity index is 1.40. The van der Waals surface area contributed by atoms with Gasteiger partial charge in [-0.05, 0) is 116 Å². The number of benzene rings is 1. The number of ether oxygens (including phenoxy) is 2. The molecule has 0 saturated carbocycles. The van der Waals surface area contributed by atoms with Gasteiger partial charge in [0.25, 0.3) is 0 Å². The Hall–Kier alpha value is -1.74. The Morgan fingerprint density at radius 2 is 1.77 bits per heavy atom. The van der Waals surface area contributed by atoms with E-state index in [1.165, 1.54) is 11.1 Å². The third kappa shape index (κ3) is 6.14. The molecule has 30 heavy (non-hydrogen) atoms. The molecular formula is C27H40O3. The number of allylic oxidation sites excluding steroid dienone is 4. The molecular weight excluding hydrogens is 372 g/mol. The maximum Gasteiger partial charge on any atom is 0.126 e. The van der Waals surface area contributed by atoms with Gasteiger partial charge in [-0.1, -0.05) is 23.3 Å². The molecule has 1 aromatic rings. The number of aromatic hydroxyl groups is 1. The van der Waals surface area contributed by atoms with Crippen molar-refractivity contribution in [3.05, 3.63) is 46.6 Å². The molecule has 1 aromatic carbocycles. The smallest absolute Gasteiger partial charge is 0.126 e. The van der Waals surface area contributed by atoms with Crippen molar-refractivity contribution in [2.45, 2.75) is 110 Å². The maximum absolute atomic E-state index is 9.81. The maximum atomic E-state index is 9.81. The lowest BCUT2D eigenvalue weighted by Gasteiger charge is -2.36. The number of rotatable bonds is 9. The zero-order valence-corrected chi connectivity index (χ0v) is 19.8. The fourth-order valence-electron chi connectivity index (χ4n) is 4.50. The highest BCUT2D eigenvalue weighted by Gasteiger charge is 2.46. The standard InChI is InChI=1S/C27H40O3/c1-19(9-7-10-20(2)12-13-24-26(4,5)29-24)11-8-15-27(6)16-14-22-18-23(28)17-21(3)25(22)30-27/h10-11,17-18,24,28H,7-9,12-16H2,1-6H3/t24?,27-/m1/s1. The Bertz CT molecular complexity index is 818. The monoisotopic (exact) mass is 412 g/mol. The molecule has 1 fully saturated rings. The summed E-state index contributed by atoms with van der Waals surface area (Å²) in [5.74, 6) is 1.31. The van der Waals surface area contributed by atoms with Crippen molar-refractivity contribution in [3.8, 4) is 11.5 Å². The summed E-state index contributed by atoms with van der Waals surface area (Å²) in [5.41, 5.74) is 5.10. The number of fused-ring (bicyclic) bond motifs is 1. The Morgan fingerprint density at radius 1 is 1.10 bits per heavy atom. The predicted molar refractivity (Wildman–Crippen MR) is 124 cm³/mol. The fraction of sp³-hybridized carbons (Fsp3) is 0.630. The van der Waals surface area contributed by atoms with Crippen molar-refractivity contribution in [1.82, 2.24) is 0 Å².